The van der Waals surface area contributed by atoms with Crippen LogP contribution in [0.2, 0.25) is 0 Å². The molecule has 1 N–H and O–H groups in total. The minimum atomic E-state index is -4.30. The molecule has 0 fully saturated rings. The Morgan fingerprint density at radius 3 is 2.50 bits per heavy atom. The highest BCUT2D eigenvalue weighted by Gasteiger charge is 2.27. The molecule has 0 unspecified atom stereocenters. The van der Waals surface area contributed by atoms with Crippen molar-refractivity contribution in [3.63, 3.8) is 0 Å². The summed E-state index contributed by atoms with van der Waals surface area (Å²) >= 11 is 0. The van der Waals surface area contributed by atoms with Crippen molar-refractivity contribution < 1.29 is 27.4 Å². The van der Waals surface area contributed by atoms with Crippen LogP contribution in [0.3, 0.4) is 0 Å². The van der Waals surface area contributed by atoms with E-state index in [4.69, 9.17) is 9.47 Å². The van der Waals surface area contributed by atoms with Gasteiger partial charge in [0.15, 0.2) is 5.96 Å². The number of halogens is 4. The Hall–Kier alpha value is -1.43. The van der Waals surface area contributed by atoms with Crippen LogP contribution in [0.4, 0.5) is 13.2 Å². The summed E-state index contributed by atoms with van der Waals surface area (Å²) < 4.78 is 51.3. The lowest BCUT2D eigenvalue weighted by atomic mass is 10.2. The van der Waals surface area contributed by atoms with Gasteiger partial charge in [-0.1, -0.05) is 0 Å². The third-order valence-corrected chi connectivity index (χ3v) is 3.57. The van der Waals surface area contributed by atoms with Crippen molar-refractivity contribution in [1.29, 1.82) is 0 Å². The number of hydrogen-bond donors (Lipinski definition) is 1. The number of ether oxygens (including phenoxy) is 3. The average Bonchev–Trinajstić information content (AvgIpc) is 2.62. The number of benzene rings is 1. The van der Waals surface area contributed by atoms with Gasteiger partial charge in [-0.2, -0.15) is 13.2 Å². The van der Waals surface area contributed by atoms with Gasteiger partial charge in [0.05, 0.1) is 14.2 Å². The van der Waals surface area contributed by atoms with E-state index < -0.39 is 12.8 Å². The highest BCUT2D eigenvalue weighted by atomic mass is 127. The highest BCUT2D eigenvalue weighted by molar-refractivity contribution is 14.0. The Morgan fingerprint density at radius 2 is 1.93 bits per heavy atom. The fourth-order valence-corrected chi connectivity index (χ4v) is 2.32. The molecule has 0 atom stereocenters. The summed E-state index contributed by atoms with van der Waals surface area (Å²) in [4.78, 5) is 6.36. The monoisotopic (exact) mass is 519 g/mol. The first kappa shape index (κ1) is 26.6. The zero-order valence-corrected chi connectivity index (χ0v) is 19.0. The van der Waals surface area contributed by atoms with E-state index in [2.05, 4.69) is 15.0 Å². The summed E-state index contributed by atoms with van der Waals surface area (Å²) in [7, 11) is 5.07. The Balaban J connectivity index is 0.00000729. The summed E-state index contributed by atoms with van der Waals surface area (Å²) in [5.41, 5.74) is 0.958. The van der Waals surface area contributed by atoms with Crippen LogP contribution >= 0.6 is 24.0 Å². The molecule has 1 aromatic carbocycles. The molecule has 0 aromatic heterocycles. The molecule has 0 radical (unpaired) electrons. The molecule has 0 saturated carbocycles. The van der Waals surface area contributed by atoms with Gasteiger partial charge < -0.3 is 24.4 Å². The minimum Gasteiger partial charge on any atom is -0.497 e. The van der Waals surface area contributed by atoms with Gasteiger partial charge in [-0.05, 0) is 25.5 Å². The third kappa shape index (κ3) is 10.2. The zero-order valence-electron chi connectivity index (χ0n) is 16.6. The molecule has 28 heavy (non-hydrogen) atoms. The molecule has 0 aliphatic heterocycles. The summed E-state index contributed by atoms with van der Waals surface area (Å²) in [6.45, 7) is 2.32. The lowest BCUT2D eigenvalue weighted by molar-refractivity contribution is -0.173. The summed E-state index contributed by atoms with van der Waals surface area (Å²) in [5, 5.41) is 3.17. The van der Waals surface area contributed by atoms with Gasteiger partial charge in [0.1, 0.15) is 18.1 Å². The molecule has 0 bridgehead atoms. The Morgan fingerprint density at radius 1 is 1.21 bits per heavy atom. The van der Waals surface area contributed by atoms with Gasteiger partial charge in [0.2, 0.25) is 0 Å². The molecular weight excluding hydrogens is 490 g/mol. The van der Waals surface area contributed by atoms with Crippen LogP contribution in [0.5, 0.6) is 11.5 Å². The quantitative estimate of drug-likeness (QED) is 0.221. The number of guanidine groups is 1. The fourth-order valence-electron chi connectivity index (χ4n) is 2.32. The van der Waals surface area contributed by atoms with Gasteiger partial charge >= 0.3 is 6.18 Å². The first-order valence-electron chi connectivity index (χ1n) is 8.65. The van der Waals surface area contributed by atoms with Crippen LogP contribution in [-0.4, -0.2) is 64.6 Å². The van der Waals surface area contributed by atoms with Crippen molar-refractivity contribution in [2.45, 2.75) is 26.1 Å². The van der Waals surface area contributed by atoms with Gasteiger partial charge in [-0.15, -0.1) is 24.0 Å². The third-order valence-electron chi connectivity index (χ3n) is 3.57. The Bertz CT molecular complexity index is 601. The molecule has 1 aromatic rings. The van der Waals surface area contributed by atoms with Crippen molar-refractivity contribution in [2.75, 3.05) is 47.6 Å². The lowest BCUT2D eigenvalue weighted by Gasteiger charge is -2.23. The van der Waals surface area contributed by atoms with Crippen LogP contribution in [-0.2, 0) is 11.3 Å². The Kier molecular flexibility index (Phi) is 13.0. The molecule has 10 heteroatoms. The topological polar surface area (TPSA) is 55.3 Å². The van der Waals surface area contributed by atoms with Crippen LogP contribution in [0.15, 0.2) is 23.2 Å². The number of nitrogens with one attached hydrogen (secondary N) is 1. The summed E-state index contributed by atoms with van der Waals surface area (Å²) in [6, 6.07) is 5.59. The number of methoxy groups -OCH3 is 2. The van der Waals surface area contributed by atoms with Gasteiger partial charge in [0.25, 0.3) is 0 Å². The molecule has 0 saturated heterocycles. The fraction of sp³-hybridized carbons (Fsp3) is 0.611. The maximum atomic E-state index is 12.0. The van der Waals surface area contributed by atoms with Crippen molar-refractivity contribution >= 4 is 29.9 Å². The first-order valence-corrected chi connectivity index (χ1v) is 8.65. The van der Waals surface area contributed by atoms with E-state index >= 15 is 0 Å². The predicted molar refractivity (Wildman–Crippen MR) is 114 cm³/mol. The van der Waals surface area contributed by atoms with Crippen LogP contribution < -0.4 is 14.8 Å². The maximum Gasteiger partial charge on any atom is 0.411 e. The molecule has 162 valence electrons. The molecule has 0 aliphatic rings. The normalized spacial score (nSPS) is 11.6. The van der Waals surface area contributed by atoms with E-state index in [1.165, 1.54) is 0 Å². The smallest absolute Gasteiger partial charge is 0.411 e. The standard InChI is InChI=1S/C18H28F3N3O3.HI/c1-5-22-17(23-9-6-10-27-13-18(19,20)21)24(2)12-14-7-8-15(25-3)11-16(14)26-4;/h7-8,11H,5-6,9-10,12-13H2,1-4H3,(H,22,23);1H. The van der Waals surface area contributed by atoms with Crippen molar-refractivity contribution in [1.82, 2.24) is 10.2 Å². The predicted octanol–water partition coefficient (Wildman–Crippen LogP) is 3.69. The van der Waals surface area contributed by atoms with E-state index in [1.54, 1.807) is 14.2 Å². The molecule has 0 aliphatic carbocycles. The van der Waals surface area contributed by atoms with E-state index in [1.807, 2.05) is 37.1 Å². The number of hydrogen-bond acceptors (Lipinski definition) is 4. The molecule has 1 rings (SSSR count). The van der Waals surface area contributed by atoms with E-state index in [0.29, 0.717) is 43.5 Å². The molecule has 6 nitrogen and oxygen atoms in total. The minimum absolute atomic E-state index is 0. The average molecular weight is 519 g/mol. The maximum absolute atomic E-state index is 12.0. The SMILES string of the molecule is CCNC(=NCCCOCC(F)(F)F)N(C)Cc1ccc(OC)cc1OC.I. The molecule has 0 spiro atoms. The van der Waals surface area contributed by atoms with Crippen molar-refractivity contribution in [2.24, 2.45) is 4.99 Å². The number of rotatable bonds is 10. The summed E-state index contributed by atoms with van der Waals surface area (Å²) in [6.07, 6.45) is -3.89. The largest absolute Gasteiger partial charge is 0.497 e. The van der Waals surface area contributed by atoms with E-state index in [9.17, 15) is 13.2 Å². The van der Waals surface area contributed by atoms with Gasteiger partial charge in [-0.25, -0.2) is 0 Å². The Labute approximate surface area is 181 Å². The number of nitrogens with zero attached hydrogens (tertiary/aromatic N) is 2. The van der Waals surface area contributed by atoms with Crippen molar-refractivity contribution in [3.8, 4) is 11.5 Å². The van der Waals surface area contributed by atoms with Crippen molar-refractivity contribution in [3.05, 3.63) is 23.8 Å². The second-order valence-corrected chi connectivity index (χ2v) is 5.79. The zero-order chi connectivity index (χ0) is 20.3. The molecule has 0 heterocycles. The van der Waals surface area contributed by atoms with Crippen LogP contribution in [0.25, 0.3) is 0 Å². The molecule has 0 amide bonds. The van der Waals surface area contributed by atoms with Gasteiger partial charge in [-0.3, -0.25) is 4.99 Å². The van der Waals surface area contributed by atoms with Gasteiger partial charge in [0, 0.05) is 44.9 Å². The first-order chi connectivity index (χ1) is 12.8. The highest BCUT2D eigenvalue weighted by Crippen LogP contribution is 2.25. The summed E-state index contributed by atoms with van der Waals surface area (Å²) in [5.74, 6) is 2.07. The second kappa shape index (κ2) is 13.7. The van der Waals surface area contributed by atoms with Crippen LogP contribution in [0.1, 0.15) is 18.9 Å². The second-order valence-electron chi connectivity index (χ2n) is 5.79. The number of alkyl halides is 3. The molecular formula is C18H29F3IN3O3. The van der Waals surface area contributed by atoms with E-state index in [0.717, 1.165) is 5.56 Å². The van der Waals surface area contributed by atoms with E-state index in [-0.39, 0.29) is 30.6 Å². The van der Waals surface area contributed by atoms with Crippen LogP contribution in [0, 0.1) is 0 Å². The lowest BCUT2D eigenvalue weighted by Crippen LogP contribution is -2.38. The number of aliphatic imine (C=N–C) groups is 1.